The summed E-state index contributed by atoms with van der Waals surface area (Å²) < 4.78 is 19.5. The molecule has 3 saturated heterocycles. The summed E-state index contributed by atoms with van der Waals surface area (Å²) in [7, 11) is 0. The Hall–Kier alpha value is -2.21. The van der Waals surface area contributed by atoms with Crippen LogP contribution in [0.2, 0.25) is 0 Å². The van der Waals surface area contributed by atoms with Crippen molar-refractivity contribution in [3.63, 3.8) is 0 Å². The van der Waals surface area contributed by atoms with Crippen LogP contribution in [0.25, 0.3) is 6.08 Å². The molecule has 1 aromatic carbocycles. The lowest BCUT2D eigenvalue weighted by Gasteiger charge is -2.45. The fourth-order valence-corrected chi connectivity index (χ4v) is 4.15. The van der Waals surface area contributed by atoms with E-state index in [4.69, 9.17) is 4.74 Å². The van der Waals surface area contributed by atoms with Crippen LogP contribution in [-0.2, 0) is 9.53 Å². The van der Waals surface area contributed by atoms with Gasteiger partial charge in [0.05, 0.1) is 6.10 Å². The van der Waals surface area contributed by atoms with Gasteiger partial charge in [0.2, 0.25) is 0 Å². The standard InChI is InChI=1S/C21H25FN2O3/c1-14-2-4-16(19(22)8-14)5-3-15-10-24(11-15)21(26)23-7-6-20-17(12-23)9-18(25)13-27-20/h2-5,8,15,17,20H,6-7,9-13H2,1H3/b5-3+/t17-,20+/m1/s1. The van der Waals surface area contributed by atoms with Gasteiger partial charge in [-0.2, -0.15) is 0 Å². The third-order valence-electron chi connectivity index (χ3n) is 5.77. The smallest absolute Gasteiger partial charge is 0.320 e. The topological polar surface area (TPSA) is 49.9 Å². The summed E-state index contributed by atoms with van der Waals surface area (Å²) in [4.78, 5) is 28.0. The molecule has 3 fully saturated rings. The van der Waals surface area contributed by atoms with Crippen LogP contribution in [0.4, 0.5) is 9.18 Å². The molecular formula is C21H25FN2O3. The Morgan fingerprint density at radius 2 is 2.07 bits per heavy atom. The number of halogens is 1. The van der Waals surface area contributed by atoms with E-state index in [0.29, 0.717) is 38.2 Å². The molecule has 0 saturated carbocycles. The Labute approximate surface area is 158 Å². The molecule has 0 unspecified atom stereocenters. The lowest BCUT2D eigenvalue weighted by atomic mass is 9.88. The van der Waals surface area contributed by atoms with Crippen molar-refractivity contribution in [3.05, 3.63) is 41.2 Å². The number of fused-ring (bicyclic) bond motifs is 1. The zero-order chi connectivity index (χ0) is 19.0. The number of Topliss-reactive ketones (excluding diaryl/α,β-unsaturated/α-hetero) is 1. The number of urea groups is 1. The van der Waals surface area contributed by atoms with E-state index in [-0.39, 0.29) is 42.2 Å². The van der Waals surface area contributed by atoms with E-state index in [1.807, 2.05) is 28.9 Å². The second-order valence-corrected chi connectivity index (χ2v) is 7.92. The van der Waals surface area contributed by atoms with Gasteiger partial charge >= 0.3 is 6.03 Å². The molecule has 1 aromatic rings. The van der Waals surface area contributed by atoms with Gasteiger partial charge in [-0.05, 0) is 25.0 Å². The summed E-state index contributed by atoms with van der Waals surface area (Å²) in [6.45, 7) is 4.67. The Bertz CT molecular complexity index is 773. The van der Waals surface area contributed by atoms with Crippen molar-refractivity contribution in [2.24, 2.45) is 11.8 Å². The van der Waals surface area contributed by atoms with Crippen molar-refractivity contribution >= 4 is 17.9 Å². The molecule has 27 heavy (non-hydrogen) atoms. The number of rotatable bonds is 2. The highest BCUT2D eigenvalue weighted by Gasteiger charge is 2.39. The van der Waals surface area contributed by atoms with Crippen molar-refractivity contribution in [1.29, 1.82) is 0 Å². The van der Waals surface area contributed by atoms with Crippen LogP contribution < -0.4 is 0 Å². The number of benzene rings is 1. The Morgan fingerprint density at radius 3 is 2.85 bits per heavy atom. The zero-order valence-electron chi connectivity index (χ0n) is 15.6. The Balaban J connectivity index is 1.28. The molecule has 6 heteroatoms. The molecule has 0 spiro atoms. The molecule has 0 aliphatic carbocycles. The van der Waals surface area contributed by atoms with Crippen molar-refractivity contribution in [1.82, 2.24) is 9.80 Å². The van der Waals surface area contributed by atoms with E-state index >= 15 is 0 Å². The Morgan fingerprint density at radius 1 is 1.26 bits per heavy atom. The number of carbonyl (C=O) groups excluding carboxylic acids is 2. The molecule has 144 valence electrons. The maximum absolute atomic E-state index is 13.9. The number of hydrogen-bond acceptors (Lipinski definition) is 3. The summed E-state index contributed by atoms with van der Waals surface area (Å²) in [6, 6.07) is 5.24. The van der Waals surface area contributed by atoms with Crippen LogP contribution in [0.3, 0.4) is 0 Å². The quantitative estimate of drug-likeness (QED) is 0.802. The van der Waals surface area contributed by atoms with Gasteiger partial charge < -0.3 is 14.5 Å². The van der Waals surface area contributed by atoms with Gasteiger partial charge in [-0.1, -0.05) is 24.3 Å². The van der Waals surface area contributed by atoms with Crippen LogP contribution in [0, 0.1) is 24.6 Å². The second kappa shape index (κ2) is 7.43. The van der Waals surface area contributed by atoms with Crippen LogP contribution in [0.15, 0.2) is 24.3 Å². The van der Waals surface area contributed by atoms with Crippen LogP contribution in [0.5, 0.6) is 0 Å². The minimum Gasteiger partial charge on any atom is -0.370 e. The van der Waals surface area contributed by atoms with Crippen molar-refractivity contribution < 1.29 is 18.7 Å². The number of amides is 2. The van der Waals surface area contributed by atoms with Crippen LogP contribution >= 0.6 is 0 Å². The maximum atomic E-state index is 13.9. The van der Waals surface area contributed by atoms with Crippen molar-refractivity contribution in [2.75, 3.05) is 32.8 Å². The fraction of sp³-hybridized carbons (Fsp3) is 0.524. The van der Waals surface area contributed by atoms with E-state index in [1.165, 1.54) is 6.07 Å². The molecule has 5 nitrogen and oxygen atoms in total. The number of likely N-dealkylation sites (tertiary alicyclic amines) is 2. The summed E-state index contributed by atoms with van der Waals surface area (Å²) in [5, 5.41) is 0. The number of hydrogen-bond donors (Lipinski definition) is 0. The van der Waals surface area contributed by atoms with E-state index in [2.05, 4.69) is 0 Å². The number of ketones is 1. The number of ether oxygens (including phenoxy) is 1. The highest BCUT2D eigenvalue weighted by Crippen LogP contribution is 2.29. The highest BCUT2D eigenvalue weighted by atomic mass is 19.1. The molecule has 0 aromatic heterocycles. The molecule has 0 radical (unpaired) electrons. The van der Waals surface area contributed by atoms with Gasteiger partial charge in [-0.3, -0.25) is 4.79 Å². The van der Waals surface area contributed by atoms with Gasteiger partial charge in [0.1, 0.15) is 12.4 Å². The average molecular weight is 372 g/mol. The molecule has 2 atom stereocenters. The maximum Gasteiger partial charge on any atom is 0.320 e. The fourth-order valence-electron chi connectivity index (χ4n) is 4.15. The summed E-state index contributed by atoms with van der Waals surface area (Å²) in [6.07, 6.45) is 5.22. The molecule has 4 rings (SSSR count). The van der Waals surface area contributed by atoms with Gasteiger partial charge in [-0.15, -0.1) is 0 Å². The van der Waals surface area contributed by atoms with E-state index < -0.39 is 0 Å². The average Bonchev–Trinajstić information content (AvgIpc) is 2.61. The summed E-state index contributed by atoms with van der Waals surface area (Å²) in [5.41, 5.74) is 1.48. The molecule has 3 aliphatic rings. The number of aryl methyl sites for hydroxylation is 1. The number of piperidine rings is 1. The monoisotopic (exact) mass is 372 g/mol. The lowest BCUT2D eigenvalue weighted by Crippen LogP contribution is -2.58. The first-order valence-corrected chi connectivity index (χ1v) is 9.61. The summed E-state index contributed by atoms with van der Waals surface area (Å²) >= 11 is 0. The largest absolute Gasteiger partial charge is 0.370 e. The van der Waals surface area contributed by atoms with Crippen molar-refractivity contribution in [2.45, 2.75) is 25.9 Å². The minimum absolute atomic E-state index is 0.0395. The molecule has 0 bridgehead atoms. The third-order valence-corrected chi connectivity index (χ3v) is 5.77. The van der Waals surface area contributed by atoms with Crippen LogP contribution in [0.1, 0.15) is 24.0 Å². The lowest BCUT2D eigenvalue weighted by molar-refractivity contribution is -0.140. The molecule has 2 amide bonds. The SMILES string of the molecule is Cc1ccc(/C=C/C2CN(C(=O)N3CC[C@@H]4OCC(=O)C[C@@H]4C3)C2)c(F)c1. The van der Waals surface area contributed by atoms with E-state index in [0.717, 1.165) is 12.0 Å². The zero-order valence-corrected chi connectivity index (χ0v) is 15.6. The highest BCUT2D eigenvalue weighted by molar-refractivity contribution is 5.81. The molecular weight excluding hydrogens is 347 g/mol. The van der Waals surface area contributed by atoms with Gasteiger partial charge in [0, 0.05) is 50.0 Å². The molecule has 3 aliphatic heterocycles. The Kier molecular flexibility index (Phi) is 5.00. The van der Waals surface area contributed by atoms with E-state index in [9.17, 15) is 14.0 Å². The van der Waals surface area contributed by atoms with Gasteiger partial charge in [0.15, 0.2) is 5.78 Å². The number of nitrogens with zero attached hydrogens (tertiary/aromatic N) is 2. The van der Waals surface area contributed by atoms with Crippen LogP contribution in [-0.4, -0.2) is 60.5 Å². The van der Waals surface area contributed by atoms with Crippen molar-refractivity contribution in [3.8, 4) is 0 Å². The predicted octanol–water partition coefficient (Wildman–Crippen LogP) is 2.88. The number of carbonyl (C=O) groups is 2. The predicted molar refractivity (Wildman–Crippen MR) is 99.7 cm³/mol. The first-order valence-electron chi connectivity index (χ1n) is 9.61. The van der Waals surface area contributed by atoms with Gasteiger partial charge in [0.25, 0.3) is 0 Å². The second-order valence-electron chi connectivity index (χ2n) is 7.92. The summed E-state index contributed by atoms with van der Waals surface area (Å²) in [5.74, 6) is 0.297. The molecule has 3 heterocycles. The van der Waals surface area contributed by atoms with Gasteiger partial charge in [-0.25, -0.2) is 9.18 Å². The first-order chi connectivity index (χ1) is 13.0. The molecule has 0 N–H and O–H groups in total. The third kappa shape index (κ3) is 3.90. The van der Waals surface area contributed by atoms with E-state index in [1.54, 1.807) is 12.1 Å². The normalized spacial score (nSPS) is 26.2. The minimum atomic E-state index is -0.217. The first kappa shape index (κ1) is 18.2.